The fraction of sp³-hybridized carbons (Fsp3) is 0.222. The second-order valence-electron chi connectivity index (χ2n) is 8.50. The molecule has 4 rings (SSSR count). The molecule has 0 saturated heterocycles. The third-order valence-corrected chi connectivity index (χ3v) is 5.51. The van der Waals surface area contributed by atoms with Gasteiger partial charge in [-0.25, -0.2) is 9.78 Å². The quantitative estimate of drug-likeness (QED) is 0.309. The van der Waals surface area contributed by atoms with E-state index in [1.54, 1.807) is 54.6 Å². The maximum absolute atomic E-state index is 13.2. The topological polar surface area (TPSA) is 80.4 Å². The Bertz CT molecular complexity index is 1440. The van der Waals surface area contributed by atoms with Crippen LogP contribution in [0.3, 0.4) is 0 Å². The van der Waals surface area contributed by atoms with Gasteiger partial charge in [0.25, 0.3) is 0 Å². The minimum Gasteiger partial charge on any atom is -0.494 e. The molecule has 7 nitrogen and oxygen atoms in total. The highest BCUT2D eigenvalue weighted by atomic mass is 19.4. The zero-order chi connectivity index (χ0) is 26.6. The molecular weight excluding hydrogens is 485 g/mol. The van der Waals surface area contributed by atoms with Gasteiger partial charge in [0.05, 0.1) is 17.9 Å². The standard InChI is InChI=1S/C27H23F3N4O3/c1-33(2)13-6-14-36-21-11-9-19(10-12-21)23-22-15-18(16-31)17-32-25(22)34(37-26(35)27(28,29)30)24(23)20-7-4-3-5-8-20/h3-5,7-12,15,17H,6,13-14H2,1-2H3. The molecule has 0 radical (unpaired) electrons. The molecule has 0 N–H and O–H groups in total. The third-order valence-electron chi connectivity index (χ3n) is 5.51. The van der Waals surface area contributed by atoms with E-state index >= 15 is 0 Å². The van der Waals surface area contributed by atoms with E-state index in [0.29, 0.717) is 34.4 Å². The van der Waals surface area contributed by atoms with Crippen LogP contribution in [0.15, 0.2) is 66.9 Å². The molecule has 37 heavy (non-hydrogen) atoms. The lowest BCUT2D eigenvalue weighted by Crippen LogP contribution is -2.33. The third kappa shape index (κ3) is 5.73. The number of alkyl halides is 3. The van der Waals surface area contributed by atoms with Crippen LogP contribution in [-0.4, -0.2) is 54.0 Å². The van der Waals surface area contributed by atoms with Gasteiger partial charge in [-0.3, -0.25) is 0 Å². The summed E-state index contributed by atoms with van der Waals surface area (Å²) in [6, 6.07) is 19.1. The van der Waals surface area contributed by atoms with Crippen LogP contribution in [-0.2, 0) is 4.79 Å². The van der Waals surface area contributed by atoms with Crippen molar-refractivity contribution in [1.82, 2.24) is 14.6 Å². The highest BCUT2D eigenvalue weighted by Crippen LogP contribution is 2.41. The van der Waals surface area contributed by atoms with Crippen molar-refractivity contribution < 1.29 is 27.5 Å². The smallest absolute Gasteiger partial charge is 0.493 e. The summed E-state index contributed by atoms with van der Waals surface area (Å²) in [5.41, 5.74) is 1.93. The number of rotatable bonds is 8. The summed E-state index contributed by atoms with van der Waals surface area (Å²) < 4.78 is 46.1. The first-order valence-electron chi connectivity index (χ1n) is 11.4. The monoisotopic (exact) mass is 508 g/mol. The number of fused-ring (bicyclic) bond motifs is 1. The van der Waals surface area contributed by atoms with Crippen molar-refractivity contribution in [2.75, 3.05) is 27.2 Å². The molecule has 10 heteroatoms. The fourth-order valence-corrected chi connectivity index (χ4v) is 3.86. The molecule has 0 aliphatic heterocycles. The van der Waals surface area contributed by atoms with Gasteiger partial charge < -0.3 is 14.5 Å². The number of halogens is 3. The van der Waals surface area contributed by atoms with Crippen LogP contribution in [0.2, 0.25) is 0 Å². The Hall–Kier alpha value is -4.36. The van der Waals surface area contributed by atoms with Crippen LogP contribution in [0.1, 0.15) is 12.0 Å². The fourth-order valence-electron chi connectivity index (χ4n) is 3.86. The van der Waals surface area contributed by atoms with Crippen LogP contribution in [0.25, 0.3) is 33.4 Å². The molecular formula is C27H23F3N4O3. The van der Waals surface area contributed by atoms with Gasteiger partial charge in [-0.2, -0.15) is 23.2 Å². The van der Waals surface area contributed by atoms with E-state index in [0.717, 1.165) is 17.7 Å². The normalized spacial score (nSPS) is 11.5. The first kappa shape index (κ1) is 25.7. The van der Waals surface area contributed by atoms with Gasteiger partial charge in [0.1, 0.15) is 11.8 Å². The molecule has 2 aromatic heterocycles. The van der Waals surface area contributed by atoms with E-state index in [9.17, 15) is 23.2 Å². The Morgan fingerprint density at radius 3 is 2.41 bits per heavy atom. The van der Waals surface area contributed by atoms with Gasteiger partial charge in [-0.05, 0) is 44.3 Å². The second-order valence-corrected chi connectivity index (χ2v) is 8.50. The molecule has 0 unspecified atom stereocenters. The number of hydrogen-bond donors (Lipinski definition) is 0. The lowest BCUT2D eigenvalue weighted by atomic mass is 9.98. The number of nitrogens with zero attached hydrogens (tertiary/aromatic N) is 4. The summed E-state index contributed by atoms with van der Waals surface area (Å²) in [6.07, 6.45) is -3.17. The van der Waals surface area contributed by atoms with E-state index in [-0.39, 0.29) is 16.9 Å². The average Bonchev–Trinajstić information content (AvgIpc) is 3.20. The van der Waals surface area contributed by atoms with Crippen molar-refractivity contribution in [1.29, 1.82) is 5.26 Å². The summed E-state index contributed by atoms with van der Waals surface area (Å²) in [5.74, 6) is -1.76. The van der Waals surface area contributed by atoms with E-state index in [2.05, 4.69) is 9.88 Å². The molecule has 2 heterocycles. The lowest BCUT2D eigenvalue weighted by molar-refractivity contribution is -0.199. The van der Waals surface area contributed by atoms with Crippen molar-refractivity contribution in [3.63, 3.8) is 0 Å². The molecule has 190 valence electrons. The molecule has 0 spiro atoms. The molecule has 0 saturated carbocycles. The van der Waals surface area contributed by atoms with Crippen LogP contribution >= 0.6 is 0 Å². The highest BCUT2D eigenvalue weighted by molar-refractivity contribution is 6.03. The van der Waals surface area contributed by atoms with E-state index in [1.165, 1.54) is 12.3 Å². The largest absolute Gasteiger partial charge is 0.494 e. The molecule has 0 aliphatic carbocycles. The zero-order valence-corrected chi connectivity index (χ0v) is 20.1. The lowest BCUT2D eigenvalue weighted by Gasteiger charge is -2.13. The number of nitriles is 1. The summed E-state index contributed by atoms with van der Waals surface area (Å²) >= 11 is 0. The summed E-state index contributed by atoms with van der Waals surface area (Å²) in [6.45, 7) is 1.40. The number of pyridine rings is 1. The molecule has 4 aromatic rings. The second kappa shape index (κ2) is 10.7. The van der Waals surface area contributed by atoms with Crippen LogP contribution in [0.5, 0.6) is 5.75 Å². The van der Waals surface area contributed by atoms with Gasteiger partial charge >= 0.3 is 12.1 Å². The van der Waals surface area contributed by atoms with Crippen LogP contribution < -0.4 is 9.57 Å². The average molecular weight is 509 g/mol. The summed E-state index contributed by atoms with van der Waals surface area (Å²) in [7, 11) is 3.96. The van der Waals surface area contributed by atoms with Crippen molar-refractivity contribution in [3.05, 3.63) is 72.4 Å². The molecule has 2 aromatic carbocycles. The predicted octanol–water partition coefficient (Wildman–Crippen LogP) is 5.09. The van der Waals surface area contributed by atoms with E-state index in [1.807, 2.05) is 20.2 Å². The Labute approximate surface area is 211 Å². The number of carbonyl (C=O) groups excluding carboxylic acids is 1. The minimum absolute atomic E-state index is 0.0329. The number of benzene rings is 2. The van der Waals surface area contributed by atoms with Crippen molar-refractivity contribution in [2.45, 2.75) is 12.6 Å². The minimum atomic E-state index is -5.22. The van der Waals surface area contributed by atoms with Crippen LogP contribution in [0.4, 0.5) is 13.2 Å². The maximum atomic E-state index is 13.2. The SMILES string of the molecule is CN(C)CCCOc1ccc(-c2c(-c3ccccc3)n(OC(=O)C(F)(F)F)c3ncc(C#N)cc23)cc1. The van der Waals surface area contributed by atoms with Crippen molar-refractivity contribution in [2.24, 2.45) is 0 Å². The summed E-state index contributed by atoms with van der Waals surface area (Å²) in [4.78, 5) is 22.9. The predicted molar refractivity (Wildman–Crippen MR) is 132 cm³/mol. The van der Waals surface area contributed by atoms with E-state index in [4.69, 9.17) is 9.57 Å². The van der Waals surface area contributed by atoms with Gasteiger partial charge in [-0.15, -0.1) is 0 Å². The highest BCUT2D eigenvalue weighted by Gasteiger charge is 2.43. The van der Waals surface area contributed by atoms with Gasteiger partial charge in [0.15, 0.2) is 5.65 Å². The number of ether oxygens (including phenoxy) is 1. The Morgan fingerprint density at radius 1 is 1.08 bits per heavy atom. The van der Waals surface area contributed by atoms with Crippen molar-refractivity contribution in [3.8, 4) is 34.2 Å². The zero-order valence-electron chi connectivity index (χ0n) is 20.1. The Morgan fingerprint density at radius 2 is 1.78 bits per heavy atom. The van der Waals surface area contributed by atoms with Crippen LogP contribution in [0, 0.1) is 11.3 Å². The molecule has 0 amide bonds. The Balaban J connectivity index is 1.86. The van der Waals surface area contributed by atoms with E-state index < -0.39 is 12.1 Å². The first-order valence-corrected chi connectivity index (χ1v) is 11.4. The van der Waals surface area contributed by atoms with Gasteiger partial charge in [0, 0.05) is 29.3 Å². The molecule has 0 atom stereocenters. The number of carbonyl (C=O) groups is 1. The molecule has 0 fully saturated rings. The van der Waals surface area contributed by atoms with Crippen molar-refractivity contribution >= 4 is 17.0 Å². The molecule has 0 aliphatic rings. The number of aromatic nitrogens is 2. The Kier molecular flexibility index (Phi) is 7.45. The summed E-state index contributed by atoms with van der Waals surface area (Å²) in [5, 5.41) is 9.78. The first-order chi connectivity index (χ1) is 17.7. The molecule has 0 bridgehead atoms. The van der Waals surface area contributed by atoms with Gasteiger partial charge in [0.2, 0.25) is 0 Å². The van der Waals surface area contributed by atoms with Gasteiger partial charge in [-0.1, -0.05) is 42.5 Å². The number of hydrogen-bond acceptors (Lipinski definition) is 6. The maximum Gasteiger partial charge on any atom is 0.493 e.